The van der Waals surface area contributed by atoms with Gasteiger partial charge in [0, 0.05) is 37.8 Å². The average molecular weight is 376 g/mol. The van der Waals surface area contributed by atoms with Gasteiger partial charge in [-0.25, -0.2) is 12.8 Å². The summed E-state index contributed by atoms with van der Waals surface area (Å²) in [4.78, 5) is 2.47. The molecule has 0 saturated carbocycles. The van der Waals surface area contributed by atoms with E-state index in [1.807, 2.05) is 32.9 Å². The number of rotatable bonds is 4. The van der Waals surface area contributed by atoms with Gasteiger partial charge in [-0.1, -0.05) is 24.3 Å². The lowest BCUT2D eigenvalue weighted by atomic mass is 10.1. The van der Waals surface area contributed by atoms with Gasteiger partial charge in [0.2, 0.25) is 10.0 Å². The van der Waals surface area contributed by atoms with Crippen LogP contribution < -0.4 is 0 Å². The molecule has 3 rings (SSSR count). The van der Waals surface area contributed by atoms with E-state index in [0.717, 1.165) is 11.1 Å². The van der Waals surface area contributed by atoms with Crippen LogP contribution in [0.4, 0.5) is 4.39 Å². The molecule has 1 aliphatic rings. The predicted octanol–water partition coefficient (Wildman–Crippen LogP) is 3.51. The van der Waals surface area contributed by atoms with Crippen LogP contribution in [0, 0.1) is 19.7 Å². The highest BCUT2D eigenvalue weighted by Crippen LogP contribution is 2.26. The van der Waals surface area contributed by atoms with Gasteiger partial charge in [0.05, 0.1) is 4.90 Å². The normalized spacial score (nSPS) is 18.0. The molecule has 0 aliphatic carbocycles. The number of piperazine rings is 1. The Morgan fingerprint density at radius 3 is 2.23 bits per heavy atom. The van der Waals surface area contributed by atoms with Gasteiger partial charge >= 0.3 is 0 Å². The van der Waals surface area contributed by atoms with Crippen molar-refractivity contribution >= 4 is 10.0 Å². The highest BCUT2D eigenvalue weighted by molar-refractivity contribution is 7.89. The van der Waals surface area contributed by atoms with Crippen molar-refractivity contribution in [2.45, 2.75) is 31.7 Å². The predicted molar refractivity (Wildman–Crippen MR) is 101 cm³/mol. The molecule has 1 unspecified atom stereocenters. The number of halogens is 1. The van der Waals surface area contributed by atoms with E-state index in [0.29, 0.717) is 36.6 Å². The van der Waals surface area contributed by atoms with Crippen molar-refractivity contribution in [2.75, 3.05) is 26.2 Å². The van der Waals surface area contributed by atoms with Gasteiger partial charge in [-0.3, -0.25) is 4.90 Å². The minimum Gasteiger partial charge on any atom is -0.294 e. The van der Waals surface area contributed by atoms with Crippen molar-refractivity contribution in [1.82, 2.24) is 9.21 Å². The summed E-state index contributed by atoms with van der Waals surface area (Å²) in [5.74, 6) is -0.217. The highest BCUT2D eigenvalue weighted by atomic mass is 32.2. The third kappa shape index (κ3) is 3.68. The molecule has 26 heavy (non-hydrogen) atoms. The first-order valence-corrected chi connectivity index (χ1v) is 10.3. The van der Waals surface area contributed by atoms with Crippen molar-refractivity contribution in [3.63, 3.8) is 0 Å². The van der Waals surface area contributed by atoms with Gasteiger partial charge in [0.25, 0.3) is 0 Å². The third-order valence-corrected chi connectivity index (χ3v) is 7.19. The maximum absolute atomic E-state index is 14.0. The first kappa shape index (κ1) is 19.0. The summed E-state index contributed by atoms with van der Waals surface area (Å²) >= 11 is 0. The molecular formula is C20H25FN2O2S. The third-order valence-electron chi connectivity index (χ3n) is 5.29. The van der Waals surface area contributed by atoms with Crippen molar-refractivity contribution in [3.8, 4) is 0 Å². The molecule has 0 spiro atoms. The lowest BCUT2D eigenvalue weighted by Crippen LogP contribution is -2.49. The summed E-state index contributed by atoms with van der Waals surface area (Å²) in [7, 11) is -3.49. The smallest absolute Gasteiger partial charge is 0.243 e. The number of sulfonamides is 1. The van der Waals surface area contributed by atoms with Crippen LogP contribution in [0.25, 0.3) is 0 Å². The van der Waals surface area contributed by atoms with Gasteiger partial charge in [-0.2, -0.15) is 4.31 Å². The first-order valence-electron chi connectivity index (χ1n) is 8.86. The highest BCUT2D eigenvalue weighted by Gasteiger charge is 2.31. The number of hydrogen-bond donors (Lipinski definition) is 0. The Bertz CT molecular complexity index is 890. The Labute approximate surface area is 155 Å². The molecule has 1 heterocycles. The summed E-state index contributed by atoms with van der Waals surface area (Å²) in [6, 6.07) is 11.9. The molecule has 1 atom stereocenters. The molecule has 4 nitrogen and oxygen atoms in total. The number of hydrogen-bond acceptors (Lipinski definition) is 3. The molecule has 1 saturated heterocycles. The number of aryl methyl sites for hydroxylation is 2. The first-order chi connectivity index (χ1) is 12.3. The monoisotopic (exact) mass is 376 g/mol. The fraction of sp³-hybridized carbons (Fsp3) is 0.400. The minimum absolute atomic E-state index is 0.0809. The maximum Gasteiger partial charge on any atom is 0.243 e. The molecule has 140 valence electrons. The number of nitrogens with zero attached hydrogens (tertiary/aromatic N) is 2. The number of benzene rings is 2. The minimum atomic E-state index is -3.49. The maximum atomic E-state index is 14.0. The summed E-state index contributed by atoms with van der Waals surface area (Å²) in [6.45, 7) is 7.84. The zero-order chi connectivity index (χ0) is 18.9. The second-order valence-electron chi connectivity index (χ2n) is 6.88. The van der Waals surface area contributed by atoms with Crippen LogP contribution in [0.3, 0.4) is 0 Å². The average Bonchev–Trinajstić information content (AvgIpc) is 2.64. The molecule has 0 amide bonds. The molecule has 2 aromatic carbocycles. The van der Waals surface area contributed by atoms with E-state index in [-0.39, 0.29) is 11.9 Å². The molecule has 0 bridgehead atoms. The van der Waals surface area contributed by atoms with Crippen LogP contribution in [0.15, 0.2) is 47.4 Å². The van der Waals surface area contributed by atoms with Crippen molar-refractivity contribution in [2.24, 2.45) is 0 Å². The Kier molecular flexibility index (Phi) is 5.46. The summed E-state index contributed by atoms with van der Waals surface area (Å²) in [5.41, 5.74) is 2.70. The van der Waals surface area contributed by atoms with Crippen molar-refractivity contribution in [3.05, 3.63) is 65.0 Å². The molecular weight excluding hydrogens is 351 g/mol. The Hall–Kier alpha value is -1.76. The molecule has 2 aromatic rings. The summed E-state index contributed by atoms with van der Waals surface area (Å²) in [5, 5.41) is 0. The van der Waals surface area contributed by atoms with Crippen LogP contribution in [0.5, 0.6) is 0 Å². The topological polar surface area (TPSA) is 40.6 Å². The SMILES string of the molecule is Cc1ccc(S(=O)(=O)N2CCN(C(C)c3ccccc3F)CC2)cc1C. The van der Waals surface area contributed by atoms with E-state index in [2.05, 4.69) is 4.90 Å². The molecule has 1 fully saturated rings. The van der Waals surface area contributed by atoms with Crippen molar-refractivity contribution < 1.29 is 12.8 Å². The van der Waals surface area contributed by atoms with E-state index in [4.69, 9.17) is 0 Å². The molecule has 1 aliphatic heterocycles. The Morgan fingerprint density at radius 2 is 1.62 bits per heavy atom. The molecule has 6 heteroatoms. The fourth-order valence-electron chi connectivity index (χ4n) is 3.37. The molecule has 0 aromatic heterocycles. The zero-order valence-electron chi connectivity index (χ0n) is 15.4. The van der Waals surface area contributed by atoms with Crippen molar-refractivity contribution in [1.29, 1.82) is 0 Å². The lowest BCUT2D eigenvalue weighted by Gasteiger charge is -2.37. The molecule has 0 radical (unpaired) electrons. The van der Waals surface area contributed by atoms with Gasteiger partial charge < -0.3 is 0 Å². The fourth-order valence-corrected chi connectivity index (χ4v) is 4.87. The van der Waals surface area contributed by atoms with E-state index >= 15 is 0 Å². The zero-order valence-corrected chi connectivity index (χ0v) is 16.3. The van der Waals surface area contributed by atoms with Gasteiger partial charge in [0.1, 0.15) is 5.82 Å². The van der Waals surface area contributed by atoms with Crippen LogP contribution in [0.2, 0.25) is 0 Å². The van der Waals surface area contributed by atoms with Gasteiger partial charge in [0.15, 0.2) is 0 Å². The standard InChI is InChI=1S/C20H25FN2O2S/c1-15-8-9-18(14-16(15)2)26(24,25)23-12-10-22(11-13-23)17(3)19-6-4-5-7-20(19)21/h4-9,14,17H,10-13H2,1-3H3. The largest absolute Gasteiger partial charge is 0.294 e. The van der Waals surface area contributed by atoms with Crippen LogP contribution >= 0.6 is 0 Å². The van der Waals surface area contributed by atoms with E-state index in [1.54, 1.807) is 24.3 Å². The van der Waals surface area contributed by atoms with E-state index in [9.17, 15) is 12.8 Å². The summed E-state index contributed by atoms with van der Waals surface area (Å²) < 4.78 is 41.3. The molecule has 0 N–H and O–H groups in total. The quantitative estimate of drug-likeness (QED) is 0.820. The van der Waals surface area contributed by atoms with Gasteiger partial charge in [-0.15, -0.1) is 0 Å². The lowest BCUT2D eigenvalue weighted by molar-refractivity contribution is 0.143. The van der Waals surface area contributed by atoms with Gasteiger partial charge in [-0.05, 0) is 50.1 Å². The van der Waals surface area contributed by atoms with Crippen LogP contribution in [-0.4, -0.2) is 43.8 Å². The van der Waals surface area contributed by atoms with Crippen LogP contribution in [0.1, 0.15) is 29.7 Å². The van der Waals surface area contributed by atoms with E-state index < -0.39 is 10.0 Å². The second kappa shape index (κ2) is 7.47. The summed E-state index contributed by atoms with van der Waals surface area (Å²) in [6.07, 6.45) is 0. The van der Waals surface area contributed by atoms with E-state index in [1.165, 1.54) is 10.4 Å². The Balaban J connectivity index is 1.71. The van der Waals surface area contributed by atoms with Crippen LogP contribution in [-0.2, 0) is 10.0 Å². The second-order valence-corrected chi connectivity index (χ2v) is 8.82. The Morgan fingerprint density at radius 1 is 0.962 bits per heavy atom.